The van der Waals surface area contributed by atoms with Crippen molar-refractivity contribution in [2.24, 2.45) is 0 Å². The molecule has 0 atom stereocenters. The van der Waals surface area contributed by atoms with Crippen LogP contribution in [0.2, 0.25) is 0 Å². The van der Waals surface area contributed by atoms with Crippen LogP contribution in [0, 0.1) is 0 Å². The quantitative estimate of drug-likeness (QED) is 0.157. The number of benzene rings is 10. The lowest BCUT2D eigenvalue weighted by Gasteiger charge is -2.30. The highest BCUT2D eigenvalue weighted by molar-refractivity contribution is 7.26. The third kappa shape index (κ3) is 5.86. The van der Waals surface area contributed by atoms with Crippen LogP contribution < -0.4 is 4.90 Å². The van der Waals surface area contributed by atoms with Gasteiger partial charge < -0.3 is 4.90 Å². The van der Waals surface area contributed by atoms with E-state index in [9.17, 15) is 0 Å². The lowest BCUT2D eigenvalue weighted by molar-refractivity contribution is 1.28. The molecule has 0 aliphatic rings. The number of rotatable bonds is 7. The zero-order valence-electron chi connectivity index (χ0n) is 31.7. The molecule has 1 aromatic heterocycles. The fourth-order valence-electron chi connectivity index (χ4n) is 8.75. The number of thiophene rings is 1. The molecule has 58 heavy (non-hydrogen) atoms. The highest BCUT2D eigenvalue weighted by Gasteiger charge is 2.23. The lowest BCUT2D eigenvalue weighted by Crippen LogP contribution is -2.12. The Kier molecular flexibility index (Phi) is 8.42. The molecule has 2 heteroatoms. The first kappa shape index (κ1) is 34.0. The predicted octanol–water partition coefficient (Wildman–Crippen LogP) is 16.5. The standard InChI is InChI=1S/C56H37NS/c1-2-17-41-37-42(32-31-38(41)15-1)46-20-5-6-21-47(46)48-22-7-10-28-53(48)57(43-35-33-40(34-36-43)45-25-13-18-39-16-3-4-19-44(39)45)54-29-11-8-23-49(54)51-26-14-27-52-50-24-9-12-30-55(50)58-56(51)52/h1-37H. The summed E-state index contributed by atoms with van der Waals surface area (Å²) in [6.07, 6.45) is 0. The third-order valence-corrected chi connectivity index (χ3v) is 12.7. The van der Waals surface area contributed by atoms with E-state index in [1.165, 1.54) is 86.2 Å². The molecule has 0 bridgehead atoms. The topological polar surface area (TPSA) is 3.24 Å². The highest BCUT2D eigenvalue weighted by Crippen LogP contribution is 2.49. The number of para-hydroxylation sites is 2. The third-order valence-electron chi connectivity index (χ3n) is 11.5. The van der Waals surface area contributed by atoms with Crippen molar-refractivity contribution in [2.45, 2.75) is 0 Å². The minimum absolute atomic E-state index is 1.09. The van der Waals surface area contributed by atoms with Crippen LogP contribution in [0.3, 0.4) is 0 Å². The first-order valence-electron chi connectivity index (χ1n) is 19.8. The van der Waals surface area contributed by atoms with E-state index >= 15 is 0 Å². The van der Waals surface area contributed by atoms with Gasteiger partial charge in [-0.15, -0.1) is 11.3 Å². The summed E-state index contributed by atoms with van der Waals surface area (Å²) in [5, 5.41) is 7.58. The molecule has 0 aliphatic heterocycles. The van der Waals surface area contributed by atoms with E-state index < -0.39 is 0 Å². The lowest BCUT2D eigenvalue weighted by atomic mass is 9.91. The summed E-state index contributed by atoms with van der Waals surface area (Å²) in [4.78, 5) is 2.47. The molecule has 0 radical (unpaired) electrons. The van der Waals surface area contributed by atoms with Crippen LogP contribution in [0.25, 0.3) is 86.2 Å². The fourth-order valence-corrected chi connectivity index (χ4v) is 9.98. The molecule has 272 valence electrons. The largest absolute Gasteiger partial charge is 0.309 e. The Bertz CT molecular complexity index is 3290. The summed E-state index contributed by atoms with van der Waals surface area (Å²) in [6, 6.07) is 82.0. The van der Waals surface area contributed by atoms with Crippen molar-refractivity contribution in [3.05, 3.63) is 224 Å². The molecule has 0 N–H and O–H groups in total. The van der Waals surface area contributed by atoms with E-state index in [-0.39, 0.29) is 0 Å². The van der Waals surface area contributed by atoms with Gasteiger partial charge in [0.25, 0.3) is 0 Å². The van der Waals surface area contributed by atoms with Crippen LogP contribution in [-0.4, -0.2) is 0 Å². The maximum atomic E-state index is 2.47. The van der Waals surface area contributed by atoms with Crippen LogP contribution in [0.4, 0.5) is 17.1 Å². The number of anilines is 3. The number of nitrogens with zero attached hydrogens (tertiary/aromatic N) is 1. The second-order valence-electron chi connectivity index (χ2n) is 14.8. The van der Waals surface area contributed by atoms with Gasteiger partial charge >= 0.3 is 0 Å². The van der Waals surface area contributed by atoms with Crippen molar-refractivity contribution in [1.82, 2.24) is 0 Å². The van der Waals surface area contributed by atoms with Gasteiger partial charge in [0.2, 0.25) is 0 Å². The highest BCUT2D eigenvalue weighted by atomic mass is 32.1. The van der Waals surface area contributed by atoms with Gasteiger partial charge in [-0.05, 0) is 85.8 Å². The van der Waals surface area contributed by atoms with E-state index in [0.717, 1.165) is 17.1 Å². The summed E-state index contributed by atoms with van der Waals surface area (Å²) < 4.78 is 2.61. The van der Waals surface area contributed by atoms with Crippen LogP contribution in [0.1, 0.15) is 0 Å². The maximum Gasteiger partial charge on any atom is 0.0540 e. The first-order chi connectivity index (χ1) is 28.8. The molecular weight excluding hydrogens is 719 g/mol. The molecule has 11 aromatic rings. The predicted molar refractivity (Wildman–Crippen MR) is 251 cm³/mol. The molecule has 0 unspecified atom stereocenters. The molecule has 0 amide bonds. The van der Waals surface area contributed by atoms with E-state index in [4.69, 9.17) is 0 Å². The van der Waals surface area contributed by atoms with Gasteiger partial charge in [0.15, 0.2) is 0 Å². The van der Waals surface area contributed by atoms with Gasteiger partial charge in [0.05, 0.1) is 11.4 Å². The smallest absolute Gasteiger partial charge is 0.0540 e. The second kappa shape index (κ2) is 14.4. The van der Waals surface area contributed by atoms with Crippen molar-refractivity contribution >= 4 is 70.1 Å². The number of hydrogen-bond acceptors (Lipinski definition) is 2. The van der Waals surface area contributed by atoms with Crippen molar-refractivity contribution in [1.29, 1.82) is 0 Å². The van der Waals surface area contributed by atoms with Gasteiger partial charge in [-0.3, -0.25) is 0 Å². The fraction of sp³-hybridized carbons (Fsp3) is 0. The molecule has 1 heterocycles. The van der Waals surface area contributed by atoms with Crippen LogP contribution >= 0.6 is 11.3 Å². The average molecular weight is 756 g/mol. The van der Waals surface area contributed by atoms with Crippen LogP contribution in [0.15, 0.2) is 224 Å². The summed E-state index contributed by atoms with van der Waals surface area (Å²) in [5.41, 5.74) is 12.9. The molecule has 0 fully saturated rings. The van der Waals surface area contributed by atoms with Crippen molar-refractivity contribution in [3.8, 4) is 44.5 Å². The molecular formula is C56H37NS. The van der Waals surface area contributed by atoms with E-state index in [1.54, 1.807) is 0 Å². The zero-order valence-corrected chi connectivity index (χ0v) is 32.5. The monoisotopic (exact) mass is 755 g/mol. The van der Waals surface area contributed by atoms with Crippen molar-refractivity contribution < 1.29 is 0 Å². The van der Waals surface area contributed by atoms with Gasteiger partial charge in [0, 0.05) is 42.6 Å². The van der Waals surface area contributed by atoms with Gasteiger partial charge in [-0.25, -0.2) is 0 Å². The van der Waals surface area contributed by atoms with Crippen molar-refractivity contribution in [2.75, 3.05) is 4.90 Å². The number of hydrogen-bond donors (Lipinski definition) is 0. The Morgan fingerprint density at radius 3 is 1.60 bits per heavy atom. The molecule has 0 spiro atoms. The molecule has 0 saturated carbocycles. The zero-order chi connectivity index (χ0) is 38.4. The SMILES string of the molecule is c1ccc(-c2ccccc2N(c2ccc(-c3cccc4ccccc34)cc2)c2ccccc2-c2cccc3c2sc2ccccc23)c(-c2ccc3ccccc3c2)c1. The molecule has 0 aliphatic carbocycles. The summed E-state index contributed by atoms with van der Waals surface area (Å²) in [5.74, 6) is 0. The Morgan fingerprint density at radius 2 is 0.810 bits per heavy atom. The first-order valence-corrected chi connectivity index (χ1v) is 20.7. The summed E-state index contributed by atoms with van der Waals surface area (Å²) in [6.45, 7) is 0. The maximum absolute atomic E-state index is 2.47. The summed E-state index contributed by atoms with van der Waals surface area (Å²) >= 11 is 1.88. The number of fused-ring (bicyclic) bond motifs is 5. The normalized spacial score (nSPS) is 11.4. The molecule has 0 saturated heterocycles. The minimum Gasteiger partial charge on any atom is -0.309 e. The average Bonchev–Trinajstić information content (AvgIpc) is 3.69. The minimum atomic E-state index is 1.09. The Balaban J connectivity index is 1.13. The Labute approximate surface area is 342 Å². The second-order valence-corrected chi connectivity index (χ2v) is 15.9. The van der Waals surface area contributed by atoms with E-state index in [1.807, 2.05) is 11.3 Å². The summed E-state index contributed by atoms with van der Waals surface area (Å²) in [7, 11) is 0. The van der Waals surface area contributed by atoms with Crippen molar-refractivity contribution in [3.63, 3.8) is 0 Å². The molecule has 1 nitrogen and oxygen atoms in total. The molecule has 10 aromatic carbocycles. The van der Waals surface area contributed by atoms with Crippen LogP contribution in [-0.2, 0) is 0 Å². The van der Waals surface area contributed by atoms with Crippen LogP contribution in [0.5, 0.6) is 0 Å². The van der Waals surface area contributed by atoms with Gasteiger partial charge in [-0.2, -0.15) is 0 Å². The van der Waals surface area contributed by atoms with Gasteiger partial charge in [-0.1, -0.05) is 188 Å². The van der Waals surface area contributed by atoms with E-state index in [2.05, 4.69) is 229 Å². The van der Waals surface area contributed by atoms with E-state index in [0.29, 0.717) is 0 Å². The Morgan fingerprint density at radius 1 is 0.293 bits per heavy atom. The Hall–Kier alpha value is -7.26. The molecule has 11 rings (SSSR count). The van der Waals surface area contributed by atoms with Gasteiger partial charge in [0.1, 0.15) is 0 Å².